The highest BCUT2D eigenvalue weighted by Crippen LogP contribution is 2.36. The third-order valence-electron chi connectivity index (χ3n) is 7.07. The summed E-state index contributed by atoms with van der Waals surface area (Å²) >= 11 is 18.6. The number of nitrogens with zero attached hydrogens (tertiary/aromatic N) is 8. The van der Waals surface area contributed by atoms with E-state index in [0.29, 0.717) is 33.5 Å². The number of aromatic nitrogens is 6. The molecule has 264 valence electrons. The molecule has 0 bridgehead atoms. The second-order valence-electron chi connectivity index (χ2n) is 10.6. The van der Waals surface area contributed by atoms with Crippen molar-refractivity contribution in [3.63, 3.8) is 0 Å². The van der Waals surface area contributed by atoms with Crippen LogP contribution in [0.15, 0.2) is 12.4 Å². The molecule has 20 heteroatoms. The molecular weight excluding hydrogens is 732 g/mol. The molecule has 4 rings (SSSR count). The maximum atomic E-state index is 12.9. The highest BCUT2D eigenvalue weighted by Gasteiger charge is 2.38. The molecule has 0 radical (unpaired) electrons. The van der Waals surface area contributed by atoms with Crippen LogP contribution in [0.1, 0.15) is 88.5 Å². The molecular formula is C28H32Cl4F6N10. The summed E-state index contributed by atoms with van der Waals surface area (Å²) in [5.41, 5.74) is 5.04. The minimum atomic E-state index is -4.43. The van der Waals surface area contributed by atoms with Crippen LogP contribution in [0.5, 0.6) is 0 Å². The van der Waals surface area contributed by atoms with Gasteiger partial charge in [0, 0.05) is 11.1 Å². The predicted octanol–water partition coefficient (Wildman–Crippen LogP) is 4.73. The summed E-state index contributed by atoms with van der Waals surface area (Å²) in [7, 11) is 0. The Morgan fingerprint density at radius 3 is 1.58 bits per heavy atom. The first kappa shape index (κ1) is 42.7. The van der Waals surface area contributed by atoms with Gasteiger partial charge >= 0.3 is 12.4 Å². The molecule has 48 heavy (non-hydrogen) atoms. The molecule has 4 aromatic rings. The van der Waals surface area contributed by atoms with Crippen LogP contribution in [0.3, 0.4) is 0 Å². The van der Waals surface area contributed by atoms with Gasteiger partial charge in [-0.3, -0.25) is 0 Å². The zero-order valence-corrected chi connectivity index (χ0v) is 29.5. The lowest BCUT2D eigenvalue weighted by atomic mass is 10.0. The Bertz CT molecular complexity index is 1770. The molecule has 0 saturated heterocycles. The maximum absolute atomic E-state index is 12.9. The van der Waals surface area contributed by atoms with E-state index >= 15 is 0 Å². The van der Waals surface area contributed by atoms with Gasteiger partial charge in [-0.25, -0.2) is 14.5 Å². The van der Waals surface area contributed by atoms with Crippen LogP contribution in [0, 0.1) is 22.7 Å². The molecule has 4 aromatic heterocycles. The molecule has 0 aliphatic carbocycles. The van der Waals surface area contributed by atoms with E-state index < -0.39 is 24.4 Å². The van der Waals surface area contributed by atoms with Gasteiger partial charge in [0.2, 0.25) is 0 Å². The molecule has 4 heterocycles. The summed E-state index contributed by atoms with van der Waals surface area (Å²) in [5.74, 6) is 0.180. The van der Waals surface area contributed by atoms with Crippen LogP contribution in [-0.4, -0.2) is 53.6 Å². The van der Waals surface area contributed by atoms with Gasteiger partial charge < -0.3 is 23.5 Å². The van der Waals surface area contributed by atoms with Gasteiger partial charge in [-0.15, -0.1) is 0 Å². The van der Waals surface area contributed by atoms with Gasteiger partial charge in [0.1, 0.15) is 50.6 Å². The fourth-order valence-electron chi connectivity index (χ4n) is 3.76. The number of fused-ring (bicyclic) bond motifs is 2. The average molecular weight is 764 g/mol. The lowest BCUT2D eigenvalue weighted by molar-refractivity contribution is -0.474. The van der Waals surface area contributed by atoms with Gasteiger partial charge in [-0.2, -0.15) is 51.6 Å². The van der Waals surface area contributed by atoms with Crippen molar-refractivity contribution in [3.8, 4) is 12.1 Å². The number of alkyl halides is 6. The number of hydrogen-bond acceptors (Lipinski definition) is 7. The van der Waals surface area contributed by atoms with Gasteiger partial charge in [0.25, 0.3) is 0 Å². The number of nitrogens with one attached hydrogen (secondary N) is 1. The molecule has 0 aliphatic rings. The Morgan fingerprint density at radius 1 is 0.792 bits per heavy atom. The van der Waals surface area contributed by atoms with Crippen LogP contribution in [0.2, 0.25) is 15.5 Å². The van der Waals surface area contributed by atoms with Crippen molar-refractivity contribution in [2.45, 2.75) is 90.7 Å². The molecule has 0 saturated carbocycles. The molecule has 4 N–H and O–H groups in total. The first-order valence-electron chi connectivity index (χ1n) is 14.1. The van der Waals surface area contributed by atoms with E-state index in [1.54, 1.807) is 0 Å². The second kappa shape index (κ2) is 17.4. The highest BCUT2D eigenvalue weighted by atomic mass is 35.5. The monoisotopic (exact) mass is 762 g/mol. The minimum Gasteiger partial charge on any atom is -1.00 e. The summed E-state index contributed by atoms with van der Waals surface area (Å²) in [6, 6.07) is 0.645. The van der Waals surface area contributed by atoms with Crippen molar-refractivity contribution >= 4 is 51.9 Å². The normalized spacial score (nSPS) is 13.9. The highest BCUT2D eigenvalue weighted by molar-refractivity contribution is 6.35. The maximum Gasteiger partial charge on any atom is 0.440 e. The molecule has 0 aromatic carbocycles. The number of nitriles is 2. The van der Waals surface area contributed by atoms with Crippen molar-refractivity contribution in [1.82, 2.24) is 29.2 Å². The summed E-state index contributed by atoms with van der Waals surface area (Å²) in [6.45, 7) is 9.83. The van der Waals surface area contributed by atoms with Crippen molar-refractivity contribution < 1.29 is 44.5 Å². The first-order valence-corrected chi connectivity index (χ1v) is 15.2. The Kier molecular flexibility index (Phi) is 15.5. The second-order valence-corrected chi connectivity index (χ2v) is 11.6. The molecule has 0 aliphatic heterocycles. The summed E-state index contributed by atoms with van der Waals surface area (Å²) in [4.78, 5) is 8.32. The lowest BCUT2D eigenvalue weighted by Gasteiger charge is -2.23. The van der Waals surface area contributed by atoms with E-state index in [-0.39, 0.29) is 46.4 Å². The van der Waals surface area contributed by atoms with Crippen molar-refractivity contribution in [3.05, 3.63) is 50.1 Å². The van der Waals surface area contributed by atoms with Gasteiger partial charge in [0.05, 0.1) is 12.4 Å². The van der Waals surface area contributed by atoms with Gasteiger partial charge in [-0.05, 0) is 38.5 Å². The Morgan fingerprint density at radius 2 is 1.19 bits per heavy atom. The molecule has 4 atom stereocenters. The van der Waals surface area contributed by atoms with Crippen LogP contribution < -0.4 is 23.5 Å². The van der Waals surface area contributed by atoms with Crippen molar-refractivity contribution in [2.24, 2.45) is 0 Å². The zero-order chi connectivity index (χ0) is 36.0. The SMILES string of the molecule is CC([NH3+])C(F)(F)F.CCC(C)c1c(Cl)nc2c(C#N)cnn2c1Cl.CCC(C)c1c(Cl)nc2c(C#N)cnn2c1NC(C)C(F)(F)F.[Cl-]. The van der Waals surface area contributed by atoms with Crippen LogP contribution in [0.25, 0.3) is 11.3 Å². The summed E-state index contributed by atoms with van der Waals surface area (Å²) in [6.07, 6.45) is -4.29. The number of hydrogen-bond donors (Lipinski definition) is 2. The van der Waals surface area contributed by atoms with Crippen molar-refractivity contribution in [1.29, 1.82) is 10.5 Å². The molecule has 4 unspecified atom stereocenters. The van der Waals surface area contributed by atoms with E-state index in [2.05, 4.69) is 31.2 Å². The first-order chi connectivity index (χ1) is 21.7. The standard InChI is InChI=1S/C14H15ClF3N5.C11H10Cl2N4.C3H6F3N.ClH/c1-4-7(2)10-11(15)22-12-9(5-19)6-20-23(12)13(10)21-8(3)14(16,17)18;1-3-6(2)8-9(12)16-11-7(4-14)5-15-17(11)10(8)13;1-2(7)3(4,5)6;/h6-8,21H,4H2,1-3H3;5-6H,3H2,1-2H3;2H,7H2,1H3;1H. The predicted molar refractivity (Wildman–Crippen MR) is 165 cm³/mol. The van der Waals surface area contributed by atoms with E-state index in [1.807, 2.05) is 39.8 Å². The average Bonchev–Trinajstić information content (AvgIpc) is 3.60. The van der Waals surface area contributed by atoms with Gasteiger partial charge in [0.15, 0.2) is 17.3 Å². The van der Waals surface area contributed by atoms with E-state index in [4.69, 9.17) is 45.3 Å². The molecule has 10 nitrogen and oxygen atoms in total. The number of anilines is 1. The molecule has 0 amide bonds. The fourth-order valence-corrected chi connectivity index (χ4v) is 4.92. The Labute approximate surface area is 293 Å². The largest absolute Gasteiger partial charge is 1.00 e. The quantitative estimate of drug-likeness (QED) is 0.213. The Hall–Kier alpha value is -3.28. The number of quaternary nitrogens is 1. The third-order valence-corrected chi connectivity index (χ3v) is 8.01. The number of halogens is 10. The minimum absolute atomic E-state index is 0. The topological polar surface area (TPSA) is 148 Å². The number of rotatable bonds is 6. The summed E-state index contributed by atoms with van der Waals surface area (Å²) < 4.78 is 74.8. The zero-order valence-electron chi connectivity index (χ0n) is 26.4. The fraction of sp³-hybridized carbons (Fsp3) is 0.500. The molecule has 0 spiro atoms. The van der Waals surface area contributed by atoms with Crippen molar-refractivity contribution in [2.75, 3.05) is 5.32 Å². The summed E-state index contributed by atoms with van der Waals surface area (Å²) in [5, 5.41) is 29.3. The van der Waals surface area contributed by atoms with E-state index in [9.17, 15) is 26.3 Å². The van der Waals surface area contributed by atoms with Crippen LogP contribution in [0.4, 0.5) is 32.2 Å². The smallest absolute Gasteiger partial charge is 0.440 e. The molecule has 0 fully saturated rings. The van der Waals surface area contributed by atoms with Gasteiger partial charge in [-0.1, -0.05) is 62.5 Å². The van der Waals surface area contributed by atoms with E-state index in [0.717, 1.165) is 25.8 Å². The van der Waals surface area contributed by atoms with Crippen LogP contribution in [-0.2, 0) is 0 Å². The third kappa shape index (κ3) is 9.89. The van der Waals surface area contributed by atoms with E-state index in [1.165, 1.54) is 21.4 Å². The Balaban J connectivity index is 0.000000405. The lowest BCUT2D eigenvalue weighted by Crippen LogP contribution is -3.00. The van der Waals surface area contributed by atoms with Crippen LogP contribution >= 0.6 is 34.8 Å².